The van der Waals surface area contributed by atoms with E-state index in [1.54, 1.807) is 0 Å². The number of carbonyl (C=O) groups excluding carboxylic acids is 1. The number of aliphatic carboxylic acids is 1. The van der Waals surface area contributed by atoms with E-state index in [4.69, 9.17) is 5.11 Å². The summed E-state index contributed by atoms with van der Waals surface area (Å²) < 4.78 is 26.6. The predicted molar refractivity (Wildman–Crippen MR) is 74.0 cm³/mol. The molecule has 1 unspecified atom stereocenters. The number of hydrogen-bond donors (Lipinski definition) is 4. The molecule has 0 aliphatic rings. The molecule has 2 amide bonds. The van der Waals surface area contributed by atoms with Crippen LogP contribution in [-0.2, 0) is 4.79 Å². The number of aliphatic hydroxyl groups is 1. The third-order valence-corrected chi connectivity index (χ3v) is 3.03. The number of carboxylic acid groups (broad SMARTS) is 1. The molecule has 1 rings (SSSR count). The Morgan fingerprint density at radius 2 is 1.95 bits per heavy atom. The van der Waals surface area contributed by atoms with E-state index in [9.17, 15) is 23.5 Å². The summed E-state index contributed by atoms with van der Waals surface area (Å²) in [4.78, 5) is 22.0. The summed E-state index contributed by atoms with van der Waals surface area (Å²) in [7, 11) is 0. The van der Waals surface area contributed by atoms with Crippen molar-refractivity contribution in [2.45, 2.75) is 18.9 Å². The molecule has 1 atom stereocenters. The van der Waals surface area contributed by atoms with Crippen LogP contribution in [0.3, 0.4) is 0 Å². The molecule has 0 aliphatic carbocycles. The zero-order valence-corrected chi connectivity index (χ0v) is 12.5. The Labute approximate surface area is 127 Å². The molecule has 9 heteroatoms. The Hall–Kier alpha value is -1.74. The van der Waals surface area contributed by atoms with E-state index in [1.165, 1.54) is 6.92 Å². The van der Waals surface area contributed by atoms with E-state index in [1.807, 2.05) is 0 Å². The normalized spacial score (nSPS) is 13.4. The summed E-state index contributed by atoms with van der Waals surface area (Å²) in [5.41, 5.74) is -2.04. The zero-order valence-electron chi connectivity index (χ0n) is 10.9. The molecule has 0 bridgehead atoms. The van der Waals surface area contributed by atoms with Gasteiger partial charge in [-0.3, -0.25) is 4.79 Å². The Bertz CT molecular complexity index is 566. The quantitative estimate of drug-likeness (QED) is 0.599. The van der Waals surface area contributed by atoms with Crippen molar-refractivity contribution in [3.8, 4) is 0 Å². The molecule has 0 saturated carbocycles. The Morgan fingerprint density at radius 1 is 1.33 bits per heavy atom. The van der Waals surface area contributed by atoms with Gasteiger partial charge in [-0.15, -0.1) is 0 Å². The molecule has 1 aromatic rings. The first-order valence-electron chi connectivity index (χ1n) is 5.74. The smallest absolute Gasteiger partial charge is 0.319 e. The predicted octanol–water partition coefficient (Wildman–Crippen LogP) is 2.07. The number of urea groups is 1. The number of hydrogen-bond acceptors (Lipinski definition) is 3. The molecular formula is C12H13BrF2N2O4. The van der Waals surface area contributed by atoms with Crippen molar-refractivity contribution in [2.75, 3.05) is 11.9 Å². The first-order valence-corrected chi connectivity index (χ1v) is 6.53. The highest BCUT2D eigenvalue weighted by Crippen LogP contribution is 2.23. The summed E-state index contributed by atoms with van der Waals surface area (Å²) in [5.74, 6) is -2.84. The lowest BCUT2D eigenvalue weighted by molar-refractivity contribution is -0.141. The lowest BCUT2D eigenvalue weighted by atomic mass is 10.0. The summed E-state index contributed by atoms with van der Waals surface area (Å²) in [5, 5.41) is 22.5. The van der Waals surface area contributed by atoms with Crippen LogP contribution in [0.5, 0.6) is 0 Å². The van der Waals surface area contributed by atoms with Crippen molar-refractivity contribution in [3.63, 3.8) is 0 Å². The minimum absolute atomic E-state index is 0.0876. The molecule has 116 valence electrons. The maximum absolute atomic E-state index is 13.5. The van der Waals surface area contributed by atoms with Crippen molar-refractivity contribution in [2.24, 2.45) is 0 Å². The molecular weight excluding hydrogens is 354 g/mol. The highest BCUT2D eigenvalue weighted by atomic mass is 79.9. The molecule has 6 nitrogen and oxygen atoms in total. The van der Waals surface area contributed by atoms with Crippen LogP contribution in [-0.4, -0.2) is 34.4 Å². The van der Waals surface area contributed by atoms with E-state index in [0.717, 1.165) is 12.1 Å². The second-order valence-electron chi connectivity index (χ2n) is 4.62. The molecule has 4 N–H and O–H groups in total. The topological polar surface area (TPSA) is 98.7 Å². The van der Waals surface area contributed by atoms with Gasteiger partial charge in [0.2, 0.25) is 0 Å². The lowest BCUT2D eigenvalue weighted by Crippen LogP contribution is -2.43. The van der Waals surface area contributed by atoms with Crippen LogP contribution < -0.4 is 10.6 Å². The van der Waals surface area contributed by atoms with Crippen molar-refractivity contribution in [1.82, 2.24) is 5.32 Å². The molecule has 0 heterocycles. The van der Waals surface area contributed by atoms with Gasteiger partial charge in [0.25, 0.3) is 0 Å². The zero-order chi connectivity index (χ0) is 16.2. The highest BCUT2D eigenvalue weighted by molar-refractivity contribution is 9.10. The van der Waals surface area contributed by atoms with Gasteiger partial charge in [0.15, 0.2) is 0 Å². The van der Waals surface area contributed by atoms with Crippen LogP contribution in [0.1, 0.15) is 13.3 Å². The van der Waals surface area contributed by atoms with Crippen LogP contribution in [0.15, 0.2) is 16.6 Å². The number of rotatable bonds is 5. The molecule has 0 aliphatic heterocycles. The number of carbonyl (C=O) groups is 2. The first-order chi connectivity index (χ1) is 9.60. The first kappa shape index (κ1) is 17.3. The number of benzene rings is 1. The monoisotopic (exact) mass is 366 g/mol. The van der Waals surface area contributed by atoms with Gasteiger partial charge in [0.1, 0.15) is 11.6 Å². The summed E-state index contributed by atoms with van der Waals surface area (Å²) >= 11 is 2.79. The maximum atomic E-state index is 13.5. The Kier molecular flexibility index (Phi) is 5.62. The molecule has 0 fully saturated rings. The van der Waals surface area contributed by atoms with Gasteiger partial charge in [-0.25, -0.2) is 13.6 Å². The van der Waals surface area contributed by atoms with Gasteiger partial charge < -0.3 is 20.8 Å². The highest BCUT2D eigenvalue weighted by Gasteiger charge is 2.25. The largest absolute Gasteiger partial charge is 0.481 e. The number of amides is 2. The SMILES string of the molecule is CC(O)(CNC(=O)Nc1cc(F)c(Br)cc1F)CC(=O)O. The van der Waals surface area contributed by atoms with E-state index < -0.39 is 35.7 Å². The van der Waals surface area contributed by atoms with Crippen molar-refractivity contribution in [1.29, 1.82) is 0 Å². The third kappa shape index (κ3) is 5.64. The summed E-state index contributed by atoms with van der Waals surface area (Å²) in [6, 6.07) is 0.737. The second-order valence-corrected chi connectivity index (χ2v) is 5.48. The molecule has 0 saturated heterocycles. The Balaban J connectivity index is 2.62. The van der Waals surface area contributed by atoms with Gasteiger partial charge in [0, 0.05) is 12.6 Å². The van der Waals surface area contributed by atoms with Crippen LogP contribution in [0, 0.1) is 11.6 Å². The average molecular weight is 367 g/mol. The van der Waals surface area contributed by atoms with E-state index in [-0.39, 0.29) is 16.7 Å². The third-order valence-electron chi connectivity index (χ3n) is 2.42. The molecule has 1 aromatic carbocycles. The van der Waals surface area contributed by atoms with Gasteiger partial charge in [0.05, 0.1) is 22.2 Å². The average Bonchev–Trinajstić information content (AvgIpc) is 2.32. The standard InChI is InChI=1S/C12H13BrF2N2O4/c1-12(21,4-10(18)19)5-16-11(20)17-9-3-7(14)6(13)2-8(9)15/h2-3,21H,4-5H2,1H3,(H,18,19)(H2,16,17,20). The summed E-state index contributed by atoms with van der Waals surface area (Å²) in [6.45, 7) is 0.854. The van der Waals surface area contributed by atoms with Crippen LogP contribution in [0.4, 0.5) is 19.3 Å². The minimum atomic E-state index is -1.66. The van der Waals surface area contributed by atoms with Crippen LogP contribution in [0.25, 0.3) is 0 Å². The number of nitrogens with one attached hydrogen (secondary N) is 2. The number of anilines is 1. The van der Waals surface area contributed by atoms with E-state index in [0.29, 0.717) is 0 Å². The van der Waals surface area contributed by atoms with Gasteiger partial charge in [-0.1, -0.05) is 0 Å². The van der Waals surface area contributed by atoms with Crippen LogP contribution in [0.2, 0.25) is 0 Å². The molecule has 21 heavy (non-hydrogen) atoms. The minimum Gasteiger partial charge on any atom is -0.481 e. The van der Waals surface area contributed by atoms with Crippen LogP contribution >= 0.6 is 15.9 Å². The van der Waals surface area contributed by atoms with Crippen molar-refractivity contribution >= 4 is 33.6 Å². The van der Waals surface area contributed by atoms with E-state index >= 15 is 0 Å². The van der Waals surface area contributed by atoms with E-state index in [2.05, 4.69) is 26.6 Å². The molecule has 0 spiro atoms. The van der Waals surface area contributed by atoms with Crippen molar-refractivity contribution < 1.29 is 28.6 Å². The molecule has 0 aromatic heterocycles. The fraction of sp³-hybridized carbons (Fsp3) is 0.333. The Morgan fingerprint density at radius 3 is 2.52 bits per heavy atom. The number of carboxylic acids is 1. The number of halogens is 3. The molecule has 0 radical (unpaired) electrons. The van der Waals surface area contributed by atoms with Gasteiger partial charge in [-0.05, 0) is 28.9 Å². The lowest BCUT2D eigenvalue weighted by Gasteiger charge is -2.21. The maximum Gasteiger partial charge on any atom is 0.319 e. The van der Waals surface area contributed by atoms with Gasteiger partial charge >= 0.3 is 12.0 Å². The second kappa shape index (κ2) is 6.81. The fourth-order valence-electron chi connectivity index (χ4n) is 1.44. The van der Waals surface area contributed by atoms with Gasteiger partial charge in [-0.2, -0.15) is 0 Å². The fourth-order valence-corrected chi connectivity index (χ4v) is 1.76. The van der Waals surface area contributed by atoms with Crippen molar-refractivity contribution in [3.05, 3.63) is 28.2 Å². The summed E-state index contributed by atoms with van der Waals surface area (Å²) in [6.07, 6.45) is -0.575.